The zero-order valence-corrected chi connectivity index (χ0v) is 17.1. The molecule has 0 fully saturated rings. The summed E-state index contributed by atoms with van der Waals surface area (Å²) in [5.41, 5.74) is 3.11. The van der Waals surface area contributed by atoms with Gasteiger partial charge in [-0.15, -0.1) is 0 Å². The van der Waals surface area contributed by atoms with E-state index in [0.29, 0.717) is 30.6 Å². The summed E-state index contributed by atoms with van der Waals surface area (Å²) >= 11 is 0. The van der Waals surface area contributed by atoms with Gasteiger partial charge in [-0.05, 0) is 24.1 Å². The summed E-state index contributed by atoms with van der Waals surface area (Å²) in [7, 11) is 0. The number of ether oxygens (including phenoxy) is 2. The number of fused-ring (bicyclic) bond motifs is 2. The average molecular weight is 416 g/mol. The molecule has 0 saturated heterocycles. The molecule has 2 aromatic carbocycles. The van der Waals surface area contributed by atoms with Gasteiger partial charge in [0.1, 0.15) is 18.1 Å². The molecular formula is C25H24N2O4. The maximum atomic E-state index is 11.0. The molecule has 0 amide bonds. The number of nitrogens with zero attached hydrogens (tertiary/aromatic N) is 2. The Morgan fingerprint density at radius 2 is 2.16 bits per heavy atom. The van der Waals surface area contributed by atoms with Crippen molar-refractivity contribution in [2.75, 3.05) is 6.61 Å². The molecule has 2 aliphatic rings. The first kappa shape index (κ1) is 19.4. The number of carbonyl (C=O) groups is 1. The van der Waals surface area contributed by atoms with Crippen molar-refractivity contribution >= 4 is 16.9 Å². The van der Waals surface area contributed by atoms with Crippen LogP contribution in [0.25, 0.3) is 10.9 Å². The lowest BCUT2D eigenvalue weighted by atomic mass is 9.98. The van der Waals surface area contributed by atoms with Crippen molar-refractivity contribution in [1.29, 1.82) is 0 Å². The van der Waals surface area contributed by atoms with Gasteiger partial charge in [0, 0.05) is 35.4 Å². The van der Waals surface area contributed by atoms with Gasteiger partial charge in [0.25, 0.3) is 0 Å². The first-order valence-electron chi connectivity index (χ1n) is 10.5. The third kappa shape index (κ3) is 4.19. The van der Waals surface area contributed by atoms with E-state index >= 15 is 0 Å². The van der Waals surface area contributed by atoms with Crippen LogP contribution in [0, 0.1) is 5.92 Å². The molecule has 3 aromatic rings. The molecule has 5 rings (SSSR count). The highest BCUT2D eigenvalue weighted by Gasteiger charge is 2.26. The van der Waals surface area contributed by atoms with E-state index in [0.717, 1.165) is 35.0 Å². The Morgan fingerprint density at radius 1 is 1.23 bits per heavy atom. The summed E-state index contributed by atoms with van der Waals surface area (Å²) in [5, 5.41) is 14.7. The van der Waals surface area contributed by atoms with E-state index < -0.39 is 5.97 Å². The minimum absolute atomic E-state index is 0.0772. The van der Waals surface area contributed by atoms with Gasteiger partial charge in [-0.25, -0.2) is 0 Å². The van der Waals surface area contributed by atoms with Crippen molar-refractivity contribution in [3.8, 4) is 11.5 Å². The fourth-order valence-corrected chi connectivity index (χ4v) is 4.23. The number of aromatic nitrogens is 2. The predicted octanol–water partition coefficient (Wildman–Crippen LogP) is 4.70. The molecule has 158 valence electrons. The van der Waals surface area contributed by atoms with E-state index in [-0.39, 0.29) is 12.3 Å². The summed E-state index contributed by atoms with van der Waals surface area (Å²) in [5.74, 6) is 0.977. The lowest BCUT2D eigenvalue weighted by molar-refractivity contribution is -0.137. The quantitative estimate of drug-likeness (QED) is 0.604. The Labute approximate surface area is 180 Å². The van der Waals surface area contributed by atoms with E-state index in [1.807, 2.05) is 24.4 Å². The molecule has 6 nitrogen and oxygen atoms in total. The molecule has 2 heterocycles. The number of benzene rings is 2. The van der Waals surface area contributed by atoms with Crippen molar-refractivity contribution in [3.05, 3.63) is 78.0 Å². The highest BCUT2D eigenvalue weighted by atomic mass is 16.5. The van der Waals surface area contributed by atoms with E-state index in [9.17, 15) is 4.79 Å². The standard InChI is InChI=1S/C25H24N2O4/c28-25(29)11-20-16-31-24-12-21(8-9-22(20)24)30-15-18-6-7-19-13-26-27(23(19)10-18)14-17-4-2-1-3-5-17/h1-4,6-10,12-13,17,20H,5,11,14-16H2,(H,28,29). The van der Waals surface area contributed by atoms with E-state index in [4.69, 9.17) is 14.6 Å². The summed E-state index contributed by atoms with van der Waals surface area (Å²) in [6.07, 6.45) is 11.6. The van der Waals surface area contributed by atoms with Crippen LogP contribution in [0.1, 0.15) is 29.9 Å². The van der Waals surface area contributed by atoms with E-state index in [1.54, 1.807) is 0 Å². The maximum absolute atomic E-state index is 11.0. The van der Waals surface area contributed by atoms with Gasteiger partial charge in [-0.3, -0.25) is 9.48 Å². The van der Waals surface area contributed by atoms with Crippen LogP contribution in [0.4, 0.5) is 0 Å². The van der Waals surface area contributed by atoms with Gasteiger partial charge in [0.15, 0.2) is 0 Å². The van der Waals surface area contributed by atoms with Crippen molar-refractivity contribution < 1.29 is 19.4 Å². The van der Waals surface area contributed by atoms with E-state index in [2.05, 4.69) is 52.3 Å². The highest BCUT2D eigenvalue weighted by molar-refractivity contribution is 5.79. The number of hydrogen-bond acceptors (Lipinski definition) is 4. The summed E-state index contributed by atoms with van der Waals surface area (Å²) in [6, 6.07) is 11.9. The number of allylic oxidation sites excluding steroid dienone is 4. The van der Waals surface area contributed by atoms with Crippen LogP contribution < -0.4 is 9.47 Å². The van der Waals surface area contributed by atoms with E-state index in [1.165, 1.54) is 0 Å². The van der Waals surface area contributed by atoms with Crippen molar-refractivity contribution in [1.82, 2.24) is 9.78 Å². The monoisotopic (exact) mass is 416 g/mol. The lowest BCUT2D eigenvalue weighted by Crippen LogP contribution is -2.10. The lowest BCUT2D eigenvalue weighted by Gasteiger charge is -2.14. The minimum atomic E-state index is -0.813. The van der Waals surface area contributed by atoms with Crippen LogP contribution in [0.2, 0.25) is 0 Å². The van der Waals surface area contributed by atoms with Gasteiger partial charge in [-0.2, -0.15) is 5.10 Å². The molecule has 0 bridgehead atoms. The molecule has 1 aromatic heterocycles. The van der Waals surface area contributed by atoms with Crippen LogP contribution in [-0.4, -0.2) is 27.5 Å². The molecule has 0 saturated carbocycles. The fourth-order valence-electron chi connectivity index (χ4n) is 4.23. The molecule has 2 atom stereocenters. The zero-order chi connectivity index (χ0) is 21.2. The Bertz CT molecular complexity index is 1180. The summed E-state index contributed by atoms with van der Waals surface area (Å²) in [4.78, 5) is 11.0. The van der Waals surface area contributed by atoms with Gasteiger partial charge < -0.3 is 14.6 Å². The largest absolute Gasteiger partial charge is 0.492 e. The van der Waals surface area contributed by atoms with Crippen LogP contribution >= 0.6 is 0 Å². The van der Waals surface area contributed by atoms with Crippen molar-refractivity contribution in [2.24, 2.45) is 5.92 Å². The third-order valence-electron chi connectivity index (χ3n) is 5.88. The van der Waals surface area contributed by atoms with Gasteiger partial charge >= 0.3 is 5.97 Å². The molecule has 31 heavy (non-hydrogen) atoms. The van der Waals surface area contributed by atoms with Gasteiger partial charge in [0.2, 0.25) is 0 Å². The number of rotatable bonds is 7. The normalized spacial score (nSPS) is 19.4. The van der Waals surface area contributed by atoms with Crippen LogP contribution in [0.3, 0.4) is 0 Å². The van der Waals surface area contributed by atoms with Gasteiger partial charge in [-0.1, -0.05) is 42.5 Å². The molecule has 1 aliphatic carbocycles. The second-order valence-corrected chi connectivity index (χ2v) is 8.12. The molecule has 6 heteroatoms. The van der Waals surface area contributed by atoms with Crippen LogP contribution in [0.15, 0.2) is 66.9 Å². The first-order chi connectivity index (χ1) is 15.2. The zero-order valence-electron chi connectivity index (χ0n) is 17.1. The minimum Gasteiger partial charge on any atom is -0.492 e. The molecule has 0 radical (unpaired) electrons. The predicted molar refractivity (Wildman–Crippen MR) is 117 cm³/mol. The molecule has 1 aliphatic heterocycles. The Morgan fingerprint density at radius 3 is 3.00 bits per heavy atom. The topological polar surface area (TPSA) is 73.6 Å². The number of hydrogen-bond donors (Lipinski definition) is 1. The molecule has 2 unspecified atom stereocenters. The Balaban J connectivity index is 1.28. The van der Waals surface area contributed by atoms with Gasteiger partial charge in [0.05, 0.1) is 24.7 Å². The highest BCUT2D eigenvalue weighted by Crippen LogP contribution is 2.38. The first-order valence-corrected chi connectivity index (χ1v) is 10.5. The molecular weight excluding hydrogens is 392 g/mol. The second-order valence-electron chi connectivity index (χ2n) is 8.12. The fraction of sp³-hybridized carbons (Fsp3) is 0.280. The van der Waals surface area contributed by atoms with Crippen LogP contribution in [-0.2, 0) is 17.9 Å². The Hall–Kier alpha value is -3.54. The maximum Gasteiger partial charge on any atom is 0.304 e. The number of carboxylic acids is 1. The van der Waals surface area contributed by atoms with Crippen molar-refractivity contribution in [2.45, 2.75) is 31.9 Å². The summed E-state index contributed by atoms with van der Waals surface area (Å²) < 4.78 is 13.7. The average Bonchev–Trinajstić information content (AvgIpc) is 3.36. The van der Waals surface area contributed by atoms with Crippen LogP contribution in [0.5, 0.6) is 11.5 Å². The smallest absolute Gasteiger partial charge is 0.304 e. The second kappa shape index (κ2) is 8.30. The molecule has 1 N–H and O–H groups in total. The third-order valence-corrected chi connectivity index (χ3v) is 5.88. The number of carboxylic acid groups (broad SMARTS) is 1. The summed E-state index contributed by atoms with van der Waals surface area (Å²) in [6.45, 7) is 1.69. The molecule has 0 spiro atoms. The van der Waals surface area contributed by atoms with Crippen molar-refractivity contribution in [3.63, 3.8) is 0 Å². The SMILES string of the molecule is O=C(O)CC1COc2cc(OCc3ccc4cnn(CC5C=CC=CC5)c4c3)ccc21. The Kier molecular flexibility index (Phi) is 5.20. The number of aliphatic carboxylic acids is 1.